The van der Waals surface area contributed by atoms with E-state index < -0.39 is 15.9 Å². The van der Waals surface area contributed by atoms with Crippen LogP contribution < -0.4 is 10.0 Å². The molecule has 0 atom stereocenters. The molecule has 1 heterocycles. The van der Waals surface area contributed by atoms with Gasteiger partial charge in [0.1, 0.15) is 0 Å². The van der Waals surface area contributed by atoms with Gasteiger partial charge in [-0.05, 0) is 24.1 Å². The zero-order valence-electron chi connectivity index (χ0n) is 8.80. The number of hydrogen-bond acceptors (Lipinski definition) is 3. The van der Waals surface area contributed by atoms with Gasteiger partial charge in [-0.2, -0.15) is 0 Å². The van der Waals surface area contributed by atoms with Crippen LogP contribution >= 0.6 is 0 Å². The number of benzene rings is 1. The standard InChI is InChI=1S/C10H12N2O3S/c1-16(14,15)12-5-4-7-2-3-8(10(11)13)6-9(7)12/h2-3,6H,4-5H2,1H3,(H2,11,13). The molecule has 0 aliphatic carbocycles. The van der Waals surface area contributed by atoms with Crippen LogP contribution in [0.1, 0.15) is 15.9 Å². The average molecular weight is 240 g/mol. The van der Waals surface area contributed by atoms with Crippen LogP contribution in [0, 0.1) is 0 Å². The highest BCUT2D eigenvalue weighted by Crippen LogP contribution is 2.30. The maximum Gasteiger partial charge on any atom is 0.248 e. The fraction of sp³-hybridized carbons (Fsp3) is 0.300. The number of hydrogen-bond donors (Lipinski definition) is 1. The zero-order valence-corrected chi connectivity index (χ0v) is 9.62. The molecule has 0 aromatic heterocycles. The predicted octanol–water partition coefficient (Wildman–Crippen LogP) is 0.108. The summed E-state index contributed by atoms with van der Waals surface area (Å²) < 4.78 is 24.3. The molecule has 1 amide bonds. The Morgan fingerprint density at radius 3 is 2.69 bits per heavy atom. The lowest BCUT2D eigenvalue weighted by atomic mass is 10.1. The van der Waals surface area contributed by atoms with Crippen LogP contribution in [0.2, 0.25) is 0 Å². The van der Waals surface area contributed by atoms with Crippen LogP contribution in [0.5, 0.6) is 0 Å². The summed E-state index contributed by atoms with van der Waals surface area (Å²) >= 11 is 0. The molecule has 0 unspecified atom stereocenters. The van der Waals surface area contributed by atoms with Gasteiger partial charge in [0, 0.05) is 12.1 Å². The van der Waals surface area contributed by atoms with Gasteiger partial charge in [0.15, 0.2) is 0 Å². The second-order valence-corrected chi connectivity index (χ2v) is 5.70. The number of amides is 1. The van der Waals surface area contributed by atoms with Crippen LogP contribution in [0.3, 0.4) is 0 Å². The first-order valence-electron chi connectivity index (χ1n) is 4.80. The van der Waals surface area contributed by atoms with Crippen molar-refractivity contribution in [3.8, 4) is 0 Å². The van der Waals surface area contributed by atoms with Gasteiger partial charge in [-0.3, -0.25) is 9.10 Å². The molecule has 0 radical (unpaired) electrons. The highest BCUT2D eigenvalue weighted by molar-refractivity contribution is 7.92. The lowest BCUT2D eigenvalue weighted by molar-refractivity contribution is 0.100. The Kier molecular flexibility index (Phi) is 2.38. The minimum absolute atomic E-state index is 0.328. The molecule has 1 aliphatic heterocycles. The van der Waals surface area contributed by atoms with E-state index in [1.165, 1.54) is 10.4 Å². The van der Waals surface area contributed by atoms with Crippen molar-refractivity contribution in [2.24, 2.45) is 5.73 Å². The molecule has 86 valence electrons. The largest absolute Gasteiger partial charge is 0.366 e. The Balaban J connectivity index is 2.53. The number of anilines is 1. The molecule has 1 aliphatic rings. The van der Waals surface area contributed by atoms with E-state index in [1.54, 1.807) is 12.1 Å². The van der Waals surface area contributed by atoms with Crippen LogP contribution in [0.4, 0.5) is 5.69 Å². The first-order valence-corrected chi connectivity index (χ1v) is 6.65. The fourth-order valence-electron chi connectivity index (χ4n) is 1.85. The number of fused-ring (bicyclic) bond motifs is 1. The number of primary amides is 1. The van der Waals surface area contributed by atoms with Gasteiger partial charge in [0.05, 0.1) is 11.9 Å². The van der Waals surface area contributed by atoms with E-state index >= 15 is 0 Å². The Hall–Kier alpha value is -1.56. The molecule has 0 spiro atoms. The van der Waals surface area contributed by atoms with Gasteiger partial charge in [-0.25, -0.2) is 8.42 Å². The zero-order chi connectivity index (χ0) is 11.9. The van der Waals surface area contributed by atoms with Crippen molar-refractivity contribution in [2.45, 2.75) is 6.42 Å². The van der Waals surface area contributed by atoms with Crippen molar-refractivity contribution in [2.75, 3.05) is 17.1 Å². The maximum absolute atomic E-state index is 11.5. The molecule has 0 saturated heterocycles. The highest BCUT2D eigenvalue weighted by atomic mass is 32.2. The molecular weight excluding hydrogens is 228 g/mol. The number of nitrogens with zero attached hydrogens (tertiary/aromatic N) is 1. The summed E-state index contributed by atoms with van der Waals surface area (Å²) in [5.74, 6) is -0.553. The van der Waals surface area contributed by atoms with E-state index in [1.807, 2.05) is 0 Å². The van der Waals surface area contributed by atoms with Gasteiger partial charge in [-0.1, -0.05) is 6.07 Å². The minimum Gasteiger partial charge on any atom is -0.366 e. The number of rotatable bonds is 2. The summed E-state index contributed by atoms with van der Waals surface area (Å²) in [7, 11) is -3.28. The Morgan fingerprint density at radius 2 is 2.12 bits per heavy atom. The number of sulfonamides is 1. The summed E-state index contributed by atoms with van der Waals surface area (Å²) in [4.78, 5) is 11.0. The lowest BCUT2D eigenvalue weighted by Crippen LogP contribution is -2.27. The monoisotopic (exact) mass is 240 g/mol. The topological polar surface area (TPSA) is 80.5 Å². The highest BCUT2D eigenvalue weighted by Gasteiger charge is 2.26. The second kappa shape index (κ2) is 3.48. The predicted molar refractivity (Wildman–Crippen MR) is 60.9 cm³/mol. The fourth-order valence-corrected chi connectivity index (χ4v) is 2.80. The van der Waals surface area contributed by atoms with Gasteiger partial charge in [0.2, 0.25) is 15.9 Å². The Bertz CT molecular complexity index is 551. The third kappa shape index (κ3) is 1.76. The summed E-state index contributed by atoms with van der Waals surface area (Å²) in [6.07, 6.45) is 1.82. The molecule has 5 nitrogen and oxygen atoms in total. The first kappa shape index (κ1) is 10.9. The normalized spacial score (nSPS) is 14.9. The quantitative estimate of drug-likeness (QED) is 0.796. The third-order valence-electron chi connectivity index (χ3n) is 2.62. The van der Waals surface area contributed by atoms with E-state index in [9.17, 15) is 13.2 Å². The molecule has 0 bridgehead atoms. The second-order valence-electron chi connectivity index (χ2n) is 3.79. The van der Waals surface area contributed by atoms with Crippen molar-refractivity contribution in [3.05, 3.63) is 29.3 Å². The molecule has 0 fully saturated rings. The molecule has 2 N–H and O–H groups in total. The van der Waals surface area contributed by atoms with Crippen molar-refractivity contribution >= 4 is 21.6 Å². The van der Waals surface area contributed by atoms with E-state index in [2.05, 4.69) is 0 Å². The van der Waals surface area contributed by atoms with Crippen LogP contribution in [-0.4, -0.2) is 27.1 Å². The average Bonchev–Trinajstić information content (AvgIpc) is 2.58. The number of nitrogens with two attached hydrogens (primary N) is 1. The summed E-state index contributed by atoms with van der Waals surface area (Å²) in [5, 5.41) is 0. The first-order chi connectivity index (χ1) is 7.39. The van der Waals surface area contributed by atoms with Crippen molar-refractivity contribution in [1.82, 2.24) is 0 Å². The minimum atomic E-state index is -3.28. The molecule has 16 heavy (non-hydrogen) atoms. The molecular formula is C10H12N2O3S. The van der Waals surface area contributed by atoms with Crippen LogP contribution in [0.25, 0.3) is 0 Å². The van der Waals surface area contributed by atoms with E-state index in [-0.39, 0.29) is 0 Å². The van der Waals surface area contributed by atoms with Gasteiger partial charge in [0.25, 0.3) is 0 Å². The molecule has 2 rings (SSSR count). The molecule has 1 aromatic rings. The maximum atomic E-state index is 11.5. The summed E-state index contributed by atoms with van der Waals surface area (Å²) in [5.41, 5.74) is 6.98. The van der Waals surface area contributed by atoms with Gasteiger partial charge >= 0.3 is 0 Å². The van der Waals surface area contributed by atoms with Crippen molar-refractivity contribution < 1.29 is 13.2 Å². The Morgan fingerprint density at radius 1 is 1.44 bits per heavy atom. The third-order valence-corrected chi connectivity index (χ3v) is 3.80. The number of carbonyl (C=O) groups is 1. The van der Waals surface area contributed by atoms with Gasteiger partial charge in [-0.15, -0.1) is 0 Å². The van der Waals surface area contributed by atoms with Crippen molar-refractivity contribution in [1.29, 1.82) is 0 Å². The van der Waals surface area contributed by atoms with E-state index in [0.29, 0.717) is 24.2 Å². The summed E-state index contributed by atoms with van der Waals surface area (Å²) in [6, 6.07) is 4.90. The van der Waals surface area contributed by atoms with Gasteiger partial charge < -0.3 is 5.73 Å². The Labute approximate surface area is 93.9 Å². The van der Waals surface area contributed by atoms with Crippen LogP contribution in [0.15, 0.2) is 18.2 Å². The smallest absolute Gasteiger partial charge is 0.248 e. The lowest BCUT2D eigenvalue weighted by Gasteiger charge is -2.16. The van der Waals surface area contributed by atoms with Crippen LogP contribution in [-0.2, 0) is 16.4 Å². The number of carbonyl (C=O) groups excluding carboxylic acids is 1. The molecule has 1 aromatic carbocycles. The molecule has 0 saturated carbocycles. The van der Waals surface area contributed by atoms with Crippen molar-refractivity contribution in [3.63, 3.8) is 0 Å². The van der Waals surface area contributed by atoms with E-state index in [4.69, 9.17) is 5.73 Å². The van der Waals surface area contributed by atoms with E-state index in [0.717, 1.165) is 11.8 Å². The molecule has 6 heteroatoms. The SMILES string of the molecule is CS(=O)(=O)N1CCc2ccc(C(N)=O)cc21. The summed E-state index contributed by atoms with van der Waals surface area (Å²) in [6.45, 7) is 0.427.